The van der Waals surface area contributed by atoms with E-state index in [1.165, 1.54) is 0 Å². The highest BCUT2D eigenvalue weighted by molar-refractivity contribution is 5.89. The Kier molecular flexibility index (Phi) is 3.47. The zero-order valence-electron chi connectivity index (χ0n) is 9.12. The Hall–Kier alpha value is -0.930. The minimum Gasteiger partial charge on any atom is -0.481 e. The molecule has 0 atom stereocenters. The third-order valence-electron chi connectivity index (χ3n) is 3.09. The van der Waals surface area contributed by atoms with Gasteiger partial charge in [-0.25, -0.2) is 4.39 Å². The van der Waals surface area contributed by atoms with Crippen LogP contribution in [-0.4, -0.2) is 22.5 Å². The number of ketones is 1. The van der Waals surface area contributed by atoms with E-state index in [1.54, 1.807) is 13.8 Å². The van der Waals surface area contributed by atoms with Crippen LogP contribution in [0.5, 0.6) is 0 Å². The Labute approximate surface area is 88.7 Å². The summed E-state index contributed by atoms with van der Waals surface area (Å²) >= 11 is 0. The van der Waals surface area contributed by atoms with Gasteiger partial charge in [0.15, 0.2) is 11.5 Å². The predicted octanol–water partition coefficient (Wildman–Crippen LogP) is 2.19. The van der Waals surface area contributed by atoms with E-state index in [0.29, 0.717) is 0 Å². The number of aliphatic carboxylic acids is 1. The van der Waals surface area contributed by atoms with Gasteiger partial charge in [0.2, 0.25) is 0 Å². The standard InChI is InChI=1S/C11H17FO3/c1-7(2)9(13)11(12)5-3-8(4-6-11)10(14)15/h7-8H,3-6H2,1-2H3,(H,14,15). The molecule has 1 aliphatic carbocycles. The molecule has 1 saturated carbocycles. The van der Waals surface area contributed by atoms with Gasteiger partial charge in [-0.2, -0.15) is 0 Å². The molecule has 0 radical (unpaired) electrons. The van der Waals surface area contributed by atoms with E-state index < -0.39 is 17.6 Å². The Bertz CT molecular complexity index is 265. The largest absolute Gasteiger partial charge is 0.481 e. The number of carboxylic acid groups (broad SMARTS) is 1. The van der Waals surface area contributed by atoms with Crippen molar-refractivity contribution in [2.45, 2.75) is 45.2 Å². The molecule has 1 rings (SSSR count). The number of halogens is 1. The molecule has 1 N–H and O–H groups in total. The van der Waals surface area contributed by atoms with Crippen LogP contribution in [0.25, 0.3) is 0 Å². The van der Waals surface area contributed by atoms with Gasteiger partial charge in [0.25, 0.3) is 0 Å². The summed E-state index contributed by atoms with van der Waals surface area (Å²) in [6.45, 7) is 3.35. The zero-order valence-corrected chi connectivity index (χ0v) is 9.12. The van der Waals surface area contributed by atoms with Gasteiger partial charge in [-0.3, -0.25) is 9.59 Å². The van der Waals surface area contributed by atoms with Crippen LogP contribution >= 0.6 is 0 Å². The van der Waals surface area contributed by atoms with Crippen molar-refractivity contribution in [1.29, 1.82) is 0 Å². The predicted molar refractivity (Wildman–Crippen MR) is 53.3 cm³/mol. The summed E-state index contributed by atoms with van der Waals surface area (Å²) < 4.78 is 14.1. The lowest BCUT2D eigenvalue weighted by Gasteiger charge is -2.32. The lowest BCUT2D eigenvalue weighted by molar-refractivity contribution is -0.147. The molecule has 0 bridgehead atoms. The number of carboxylic acids is 1. The number of alkyl halides is 1. The molecule has 0 saturated heterocycles. The number of rotatable bonds is 3. The average Bonchev–Trinajstić information content (AvgIpc) is 2.17. The lowest BCUT2D eigenvalue weighted by Crippen LogP contribution is -2.41. The molecule has 1 aliphatic rings. The zero-order chi connectivity index (χ0) is 11.6. The molecule has 4 heteroatoms. The van der Waals surface area contributed by atoms with Crippen LogP contribution < -0.4 is 0 Å². The molecule has 15 heavy (non-hydrogen) atoms. The maximum Gasteiger partial charge on any atom is 0.306 e. The first-order valence-corrected chi connectivity index (χ1v) is 5.33. The molecular formula is C11H17FO3. The minimum atomic E-state index is -1.78. The molecular weight excluding hydrogens is 199 g/mol. The summed E-state index contributed by atoms with van der Waals surface area (Å²) in [4.78, 5) is 22.2. The summed E-state index contributed by atoms with van der Waals surface area (Å²) in [7, 11) is 0. The Balaban J connectivity index is 2.62. The Morgan fingerprint density at radius 3 is 2.13 bits per heavy atom. The highest BCUT2D eigenvalue weighted by atomic mass is 19.1. The summed E-state index contributed by atoms with van der Waals surface area (Å²) in [5.41, 5.74) is -1.78. The molecule has 3 nitrogen and oxygen atoms in total. The second kappa shape index (κ2) is 4.29. The maximum absolute atomic E-state index is 14.1. The fraction of sp³-hybridized carbons (Fsp3) is 0.818. The molecule has 86 valence electrons. The van der Waals surface area contributed by atoms with Crippen LogP contribution in [0.1, 0.15) is 39.5 Å². The van der Waals surface area contributed by atoms with Crippen molar-refractivity contribution >= 4 is 11.8 Å². The second-order valence-electron chi connectivity index (χ2n) is 4.60. The van der Waals surface area contributed by atoms with Crippen LogP contribution in [0.4, 0.5) is 4.39 Å². The minimum absolute atomic E-state index is 0.0565. The fourth-order valence-electron chi connectivity index (χ4n) is 2.09. The molecule has 0 amide bonds. The molecule has 0 aromatic carbocycles. The quantitative estimate of drug-likeness (QED) is 0.786. The van der Waals surface area contributed by atoms with Crippen LogP contribution in [0.2, 0.25) is 0 Å². The summed E-state index contributed by atoms with van der Waals surface area (Å²) in [5.74, 6) is -2.06. The monoisotopic (exact) mass is 216 g/mol. The van der Waals surface area contributed by atoms with Crippen LogP contribution in [0.3, 0.4) is 0 Å². The normalized spacial score (nSPS) is 31.6. The van der Waals surface area contributed by atoms with E-state index in [-0.39, 0.29) is 37.4 Å². The SMILES string of the molecule is CC(C)C(=O)C1(F)CCC(C(=O)O)CC1. The molecule has 1 fully saturated rings. The highest BCUT2D eigenvalue weighted by Gasteiger charge is 2.43. The topological polar surface area (TPSA) is 54.4 Å². The molecule has 0 spiro atoms. The van der Waals surface area contributed by atoms with Crippen molar-refractivity contribution < 1.29 is 19.1 Å². The molecule has 0 unspecified atom stereocenters. The van der Waals surface area contributed by atoms with Crippen LogP contribution in [0, 0.1) is 11.8 Å². The number of carbonyl (C=O) groups is 2. The summed E-state index contributed by atoms with van der Waals surface area (Å²) in [5, 5.41) is 8.75. The van der Waals surface area contributed by atoms with Crippen molar-refractivity contribution in [2.75, 3.05) is 0 Å². The maximum atomic E-state index is 14.1. The van der Waals surface area contributed by atoms with Crippen molar-refractivity contribution in [3.05, 3.63) is 0 Å². The molecule has 0 aliphatic heterocycles. The fourth-order valence-corrected chi connectivity index (χ4v) is 2.09. The van der Waals surface area contributed by atoms with E-state index >= 15 is 0 Å². The number of hydrogen-bond acceptors (Lipinski definition) is 2. The van der Waals surface area contributed by atoms with Crippen molar-refractivity contribution in [3.8, 4) is 0 Å². The van der Waals surface area contributed by atoms with E-state index in [1.807, 2.05) is 0 Å². The van der Waals surface area contributed by atoms with Gasteiger partial charge in [0.05, 0.1) is 5.92 Å². The van der Waals surface area contributed by atoms with E-state index in [9.17, 15) is 14.0 Å². The third kappa shape index (κ3) is 2.55. The number of carbonyl (C=O) groups excluding carboxylic acids is 1. The van der Waals surface area contributed by atoms with Crippen LogP contribution in [-0.2, 0) is 9.59 Å². The number of hydrogen-bond donors (Lipinski definition) is 1. The Morgan fingerprint density at radius 2 is 1.80 bits per heavy atom. The van der Waals surface area contributed by atoms with Crippen LogP contribution in [0.15, 0.2) is 0 Å². The van der Waals surface area contributed by atoms with Gasteiger partial charge >= 0.3 is 5.97 Å². The first-order valence-electron chi connectivity index (χ1n) is 5.33. The van der Waals surface area contributed by atoms with E-state index in [4.69, 9.17) is 5.11 Å². The molecule has 0 heterocycles. The van der Waals surface area contributed by atoms with Gasteiger partial charge in [-0.15, -0.1) is 0 Å². The average molecular weight is 216 g/mol. The van der Waals surface area contributed by atoms with Gasteiger partial charge in [0, 0.05) is 5.92 Å². The second-order valence-corrected chi connectivity index (χ2v) is 4.60. The van der Waals surface area contributed by atoms with Gasteiger partial charge in [-0.05, 0) is 25.7 Å². The van der Waals surface area contributed by atoms with Gasteiger partial charge in [0.1, 0.15) is 0 Å². The first-order chi connectivity index (χ1) is 6.87. The van der Waals surface area contributed by atoms with E-state index in [0.717, 1.165) is 0 Å². The van der Waals surface area contributed by atoms with Crippen molar-refractivity contribution in [1.82, 2.24) is 0 Å². The van der Waals surface area contributed by atoms with E-state index in [2.05, 4.69) is 0 Å². The molecule has 0 aromatic heterocycles. The van der Waals surface area contributed by atoms with Crippen molar-refractivity contribution in [3.63, 3.8) is 0 Å². The third-order valence-corrected chi connectivity index (χ3v) is 3.09. The molecule has 0 aromatic rings. The smallest absolute Gasteiger partial charge is 0.306 e. The first kappa shape index (κ1) is 12.1. The lowest BCUT2D eigenvalue weighted by atomic mass is 9.75. The summed E-state index contributed by atoms with van der Waals surface area (Å²) in [6.07, 6.45) is 0.649. The summed E-state index contributed by atoms with van der Waals surface area (Å²) in [6, 6.07) is 0. The van der Waals surface area contributed by atoms with Crippen molar-refractivity contribution in [2.24, 2.45) is 11.8 Å². The highest BCUT2D eigenvalue weighted by Crippen LogP contribution is 2.37. The number of Topliss-reactive ketones (excluding diaryl/α,β-unsaturated/α-hetero) is 1. The Morgan fingerprint density at radius 1 is 1.33 bits per heavy atom. The van der Waals surface area contributed by atoms with Gasteiger partial charge < -0.3 is 5.11 Å². The van der Waals surface area contributed by atoms with Gasteiger partial charge in [-0.1, -0.05) is 13.8 Å².